The van der Waals surface area contributed by atoms with Gasteiger partial charge in [0.25, 0.3) is 0 Å². The van der Waals surface area contributed by atoms with Crippen molar-refractivity contribution in [2.24, 2.45) is 5.16 Å². The van der Waals surface area contributed by atoms with Crippen LogP contribution in [0.15, 0.2) is 41.8 Å². The van der Waals surface area contributed by atoms with Gasteiger partial charge in [0.1, 0.15) is 4.88 Å². The lowest BCUT2D eigenvalue weighted by Gasteiger charge is -2.10. The number of aryl methyl sites for hydroxylation is 1. The molecular weight excluding hydrogens is 350 g/mol. The van der Waals surface area contributed by atoms with Crippen molar-refractivity contribution in [2.75, 3.05) is 11.9 Å². The van der Waals surface area contributed by atoms with Crippen molar-refractivity contribution in [3.05, 3.63) is 52.7 Å². The lowest BCUT2D eigenvalue weighted by molar-refractivity contribution is 0.0533. The van der Waals surface area contributed by atoms with E-state index in [2.05, 4.69) is 15.5 Å². The average Bonchev–Trinajstić information content (AvgIpc) is 3.23. The molecule has 0 atom stereocenters. The van der Waals surface area contributed by atoms with Crippen molar-refractivity contribution in [1.82, 2.24) is 4.98 Å². The van der Waals surface area contributed by atoms with Crippen LogP contribution in [0.5, 0.6) is 0 Å². The van der Waals surface area contributed by atoms with Gasteiger partial charge in [0.05, 0.1) is 22.7 Å². The average molecular weight is 367 g/mol. The van der Waals surface area contributed by atoms with Crippen LogP contribution < -0.4 is 5.32 Å². The molecule has 0 aliphatic heterocycles. The maximum Gasteiger partial charge on any atom is 0.350 e. The Hall–Kier alpha value is -2.93. The van der Waals surface area contributed by atoms with Crippen LogP contribution in [0.2, 0.25) is 0 Å². The minimum atomic E-state index is -0.341. The van der Waals surface area contributed by atoms with Gasteiger partial charge in [-0.25, -0.2) is 4.79 Å². The molecule has 6 nitrogen and oxygen atoms in total. The van der Waals surface area contributed by atoms with Crippen molar-refractivity contribution in [3.8, 4) is 0 Å². The Labute approximate surface area is 154 Å². The van der Waals surface area contributed by atoms with Gasteiger partial charge in [0, 0.05) is 29.0 Å². The summed E-state index contributed by atoms with van der Waals surface area (Å²) in [5.74, 6) is -0.341. The normalized spacial score (nSPS) is 14.6. The van der Waals surface area contributed by atoms with E-state index in [1.165, 1.54) is 11.3 Å². The smallest absolute Gasteiger partial charge is 0.350 e. The third-order valence-corrected chi connectivity index (χ3v) is 5.51. The van der Waals surface area contributed by atoms with E-state index < -0.39 is 0 Å². The summed E-state index contributed by atoms with van der Waals surface area (Å²) in [5, 5.41) is 16.7. The predicted molar refractivity (Wildman–Crippen MR) is 102 cm³/mol. The van der Waals surface area contributed by atoms with Gasteiger partial charge in [-0.3, -0.25) is 4.98 Å². The number of fused-ring (bicyclic) bond motifs is 2. The van der Waals surface area contributed by atoms with Crippen molar-refractivity contribution in [1.29, 1.82) is 0 Å². The number of hydrogen-bond donors (Lipinski definition) is 2. The molecule has 0 saturated heterocycles. The summed E-state index contributed by atoms with van der Waals surface area (Å²) in [7, 11) is 0. The molecule has 0 unspecified atom stereocenters. The Morgan fingerprint density at radius 3 is 3.08 bits per heavy atom. The zero-order chi connectivity index (χ0) is 18.1. The summed E-state index contributed by atoms with van der Waals surface area (Å²) in [4.78, 5) is 17.1. The summed E-state index contributed by atoms with van der Waals surface area (Å²) in [5.41, 5.74) is 4.43. The molecule has 0 spiro atoms. The second-order valence-electron chi connectivity index (χ2n) is 5.94. The van der Waals surface area contributed by atoms with Gasteiger partial charge in [0.15, 0.2) is 0 Å². The van der Waals surface area contributed by atoms with Crippen LogP contribution in [0.4, 0.5) is 11.4 Å². The van der Waals surface area contributed by atoms with Crippen molar-refractivity contribution >= 4 is 44.5 Å². The number of thiophene rings is 1. The number of carbonyl (C=O) groups is 1. The van der Waals surface area contributed by atoms with Crippen LogP contribution in [-0.2, 0) is 11.2 Å². The molecule has 2 aromatic heterocycles. The quantitative estimate of drug-likeness (QED) is 0.407. The number of pyridine rings is 1. The first-order chi connectivity index (χ1) is 12.7. The molecule has 1 aliphatic rings. The van der Waals surface area contributed by atoms with Gasteiger partial charge in [0.2, 0.25) is 0 Å². The maximum atomic E-state index is 12.4. The van der Waals surface area contributed by atoms with Crippen molar-refractivity contribution in [2.45, 2.75) is 19.8 Å². The fraction of sp³-hybridized carbons (Fsp3) is 0.211. The Kier molecular flexibility index (Phi) is 4.30. The number of carbonyl (C=O) groups excluding carboxylic acids is 1. The standard InChI is InChI=1S/C19H17N3O3S/c1-2-25-19(23)18-17(14-7-8-20-10-16(14)26-18)21-12-4-5-13-11(9-12)3-6-15(13)22-24/h4-5,7-10,21,24H,2-3,6H2,1H3/b22-15+. The maximum absolute atomic E-state index is 12.4. The van der Waals surface area contributed by atoms with E-state index in [0.29, 0.717) is 17.2 Å². The first kappa shape index (κ1) is 16.5. The Morgan fingerprint density at radius 1 is 1.38 bits per heavy atom. The number of anilines is 2. The number of ether oxygens (including phenoxy) is 1. The molecule has 0 amide bonds. The second kappa shape index (κ2) is 6.76. The monoisotopic (exact) mass is 367 g/mol. The van der Waals surface area contributed by atoms with Gasteiger partial charge in [-0.05, 0) is 43.5 Å². The van der Waals surface area contributed by atoms with Crippen molar-refractivity contribution in [3.63, 3.8) is 0 Å². The lowest BCUT2D eigenvalue weighted by Crippen LogP contribution is -2.05. The first-order valence-electron chi connectivity index (χ1n) is 8.36. The summed E-state index contributed by atoms with van der Waals surface area (Å²) in [6, 6.07) is 7.79. The third kappa shape index (κ3) is 2.80. The second-order valence-corrected chi connectivity index (χ2v) is 6.99. The summed E-state index contributed by atoms with van der Waals surface area (Å²) >= 11 is 1.37. The molecule has 0 bridgehead atoms. The summed E-state index contributed by atoms with van der Waals surface area (Å²) in [6.07, 6.45) is 5.03. The molecule has 4 rings (SSSR count). The fourth-order valence-electron chi connectivity index (χ4n) is 3.21. The molecule has 3 aromatic rings. The minimum absolute atomic E-state index is 0.326. The van der Waals surface area contributed by atoms with Crippen LogP contribution in [0.1, 0.15) is 34.1 Å². The van der Waals surface area contributed by atoms with E-state index in [4.69, 9.17) is 9.94 Å². The molecular formula is C19H17N3O3S. The molecule has 1 aliphatic carbocycles. The number of aromatic nitrogens is 1. The van der Waals surface area contributed by atoms with Crippen LogP contribution in [0.3, 0.4) is 0 Å². The summed E-state index contributed by atoms with van der Waals surface area (Å²) in [6.45, 7) is 2.12. The van der Waals surface area contributed by atoms with Gasteiger partial charge in [-0.1, -0.05) is 11.2 Å². The van der Waals surface area contributed by atoms with Gasteiger partial charge >= 0.3 is 5.97 Å². The number of nitrogens with one attached hydrogen (secondary N) is 1. The van der Waals surface area contributed by atoms with Gasteiger partial charge in [-0.2, -0.15) is 0 Å². The Bertz CT molecular complexity index is 1030. The van der Waals surface area contributed by atoms with E-state index in [1.807, 2.05) is 24.3 Å². The van der Waals surface area contributed by atoms with Crippen LogP contribution in [0.25, 0.3) is 10.1 Å². The molecule has 132 valence electrons. The highest BCUT2D eigenvalue weighted by atomic mass is 32.1. The highest BCUT2D eigenvalue weighted by Gasteiger charge is 2.22. The molecule has 1 aromatic carbocycles. The zero-order valence-electron chi connectivity index (χ0n) is 14.2. The number of oxime groups is 1. The molecule has 2 N–H and O–H groups in total. The number of nitrogens with zero attached hydrogens (tertiary/aromatic N) is 2. The largest absolute Gasteiger partial charge is 0.462 e. The van der Waals surface area contributed by atoms with Gasteiger partial charge in [-0.15, -0.1) is 11.3 Å². The van der Waals surface area contributed by atoms with E-state index >= 15 is 0 Å². The predicted octanol–water partition coefficient (Wildman–Crippen LogP) is 4.34. The Morgan fingerprint density at radius 2 is 2.27 bits per heavy atom. The lowest BCUT2D eigenvalue weighted by atomic mass is 10.1. The molecule has 0 saturated carbocycles. The number of benzene rings is 1. The highest BCUT2D eigenvalue weighted by Crippen LogP contribution is 2.38. The molecule has 0 fully saturated rings. The van der Waals surface area contributed by atoms with E-state index in [-0.39, 0.29) is 5.97 Å². The summed E-state index contributed by atoms with van der Waals surface area (Å²) < 4.78 is 6.13. The van der Waals surface area contributed by atoms with Crippen LogP contribution in [0, 0.1) is 0 Å². The highest BCUT2D eigenvalue weighted by molar-refractivity contribution is 7.21. The van der Waals surface area contributed by atoms with E-state index in [1.54, 1.807) is 19.3 Å². The SMILES string of the molecule is CCOC(=O)c1sc2cnccc2c1Nc1ccc2c(c1)CC/C2=N\O. The minimum Gasteiger partial charge on any atom is -0.462 e. The topological polar surface area (TPSA) is 83.8 Å². The third-order valence-electron chi connectivity index (χ3n) is 4.39. The van der Waals surface area contributed by atoms with Crippen LogP contribution in [-0.4, -0.2) is 28.5 Å². The van der Waals surface area contributed by atoms with Gasteiger partial charge < -0.3 is 15.3 Å². The molecule has 0 radical (unpaired) electrons. The molecule has 2 heterocycles. The molecule has 7 heteroatoms. The first-order valence-corrected chi connectivity index (χ1v) is 9.17. The van der Waals surface area contributed by atoms with E-state index in [0.717, 1.165) is 45.4 Å². The fourth-order valence-corrected chi connectivity index (χ4v) is 4.23. The zero-order valence-corrected chi connectivity index (χ0v) is 15.0. The number of rotatable bonds is 4. The molecule has 26 heavy (non-hydrogen) atoms. The number of hydrogen-bond acceptors (Lipinski definition) is 7. The van der Waals surface area contributed by atoms with Crippen LogP contribution >= 0.6 is 11.3 Å². The van der Waals surface area contributed by atoms with Crippen molar-refractivity contribution < 1.29 is 14.7 Å². The van der Waals surface area contributed by atoms with E-state index in [9.17, 15) is 4.79 Å². The number of esters is 1. The Balaban J connectivity index is 1.75.